The van der Waals surface area contributed by atoms with Gasteiger partial charge < -0.3 is 19.5 Å². The van der Waals surface area contributed by atoms with Crippen LogP contribution in [0.4, 0.5) is 8.78 Å². The Morgan fingerprint density at radius 3 is 2.54 bits per heavy atom. The molecule has 1 saturated heterocycles. The molecular weight excluding hydrogens is 368 g/mol. The van der Waals surface area contributed by atoms with E-state index in [9.17, 15) is 13.6 Å². The lowest BCUT2D eigenvalue weighted by atomic mass is 9.74. The highest BCUT2D eigenvalue weighted by Gasteiger charge is 2.35. The van der Waals surface area contributed by atoms with Crippen LogP contribution >= 0.6 is 0 Å². The maximum Gasteiger partial charge on any atom is 0.387 e. The van der Waals surface area contributed by atoms with Crippen molar-refractivity contribution < 1.29 is 27.8 Å². The average molecular weight is 391 g/mol. The van der Waals surface area contributed by atoms with E-state index in [0.717, 1.165) is 18.4 Å². The van der Waals surface area contributed by atoms with Crippen LogP contribution in [0.1, 0.15) is 28.8 Å². The largest absolute Gasteiger partial charge is 0.497 e. The molecule has 1 amide bonds. The first kappa shape index (κ1) is 20.1. The zero-order valence-corrected chi connectivity index (χ0v) is 15.6. The number of hydrogen-bond acceptors (Lipinski definition) is 4. The monoisotopic (exact) mass is 391 g/mol. The molecule has 0 spiro atoms. The molecule has 0 atom stereocenters. The number of hydrogen-bond donors (Lipinski definition) is 1. The van der Waals surface area contributed by atoms with Crippen LogP contribution in [0.3, 0.4) is 0 Å². The SMILES string of the molecule is COc1ccc(C(=O)NCC2(c3ccccc3)CCOCC2)c(OC(F)F)c1. The molecule has 1 N–H and O–H groups in total. The minimum Gasteiger partial charge on any atom is -0.497 e. The molecule has 1 heterocycles. The molecule has 0 unspecified atom stereocenters. The lowest BCUT2D eigenvalue weighted by molar-refractivity contribution is -0.0502. The van der Waals surface area contributed by atoms with Crippen molar-refractivity contribution in [1.29, 1.82) is 0 Å². The predicted octanol–water partition coefficient (Wildman–Crippen LogP) is 3.77. The fraction of sp³-hybridized carbons (Fsp3) is 0.381. The van der Waals surface area contributed by atoms with Crippen molar-refractivity contribution in [2.75, 3.05) is 26.9 Å². The summed E-state index contributed by atoms with van der Waals surface area (Å²) in [5, 5.41) is 2.90. The highest BCUT2D eigenvalue weighted by atomic mass is 19.3. The molecule has 0 aliphatic carbocycles. The summed E-state index contributed by atoms with van der Waals surface area (Å²) in [7, 11) is 1.41. The molecule has 0 radical (unpaired) electrons. The third-order valence-corrected chi connectivity index (χ3v) is 5.07. The van der Waals surface area contributed by atoms with Crippen LogP contribution in [-0.2, 0) is 10.2 Å². The summed E-state index contributed by atoms with van der Waals surface area (Å²) in [6.45, 7) is -1.45. The van der Waals surface area contributed by atoms with Crippen molar-refractivity contribution in [3.05, 3.63) is 59.7 Å². The fourth-order valence-electron chi connectivity index (χ4n) is 3.48. The number of ether oxygens (including phenoxy) is 3. The number of rotatable bonds is 7. The minimum atomic E-state index is -3.04. The van der Waals surface area contributed by atoms with E-state index >= 15 is 0 Å². The molecule has 1 fully saturated rings. The Hall–Kier alpha value is -2.67. The number of benzene rings is 2. The van der Waals surface area contributed by atoms with Gasteiger partial charge in [0.15, 0.2) is 0 Å². The van der Waals surface area contributed by atoms with Crippen LogP contribution in [-0.4, -0.2) is 39.4 Å². The lowest BCUT2D eigenvalue weighted by Crippen LogP contribution is -2.44. The maximum atomic E-state index is 12.8. The third kappa shape index (κ3) is 4.59. The molecule has 0 bridgehead atoms. The maximum absolute atomic E-state index is 12.8. The minimum absolute atomic E-state index is 0.0383. The molecule has 0 saturated carbocycles. The molecule has 5 nitrogen and oxygen atoms in total. The van der Waals surface area contributed by atoms with E-state index in [1.54, 1.807) is 0 Å². The molecule has 3 rings (SSSR count). The van der Waals surface area contributed by atoms with Crippen LogP contribution in [0.5, 0.6) is 11.5 Å². The Morgan fingerprint density at radius 1 is 1.18 bits per heavy atom. The quantitative estimate of drug-likeness (QED) is 0.781. The highest BCUT2D eigenvalue weighted by molar-refractivity contribution is 5.97. The topological polar surface area (TPSA) is 56.8 Å². The van der Waals surface area contributed by atoms with Crippen LogP contribution < -0.4 is 14.8 Å². The van der Waals surface area contributed by atoms with Gasteiger partial charge in [-0.25, -0.2) is 0 Å². The smallest absolute Gasteiger partial charge is 0.387 e. The molecule has 0 aromatic heterocycles. The number of nitrogens with one attached hydrogen (secondary N) is 1. The van der Waals surface area contributed by atoms with E-state index in [1.807, 2.05) is 30.3 Å². The fourth-order valence-corrected chi connectivity index (χ4v) is 3.48. The van der Waals surface area contributed by atoms with Gasteiger partial charge in [0.1, 0.15) is 11.5 Å². The van der Waals surface area contributed by atoms with Gasteiger partial charge in [-0.3, -0.25) is 4.79 Å². The van der Waals surface area contributed by atoms with Crippen molar-refractivity contribution in [3.8, 4) is 11.5 Å². The van der Waals surface area contributed by atoms with Crippen molar-refractivity contribution in [3.63, 3.8) is 0 Å². The van der Waals surface area contributed by atoms with Gasteiger partial charge >= 0.3 is 6.61 Å². The van der Waals surface area contributed by atoms with Gasteiger partial charge in [0.25, 0.3) is 5.91 Å². The number of methoxy groups -OCH3 is 1. The van der Waals surface area contributed by atoms with Crippen molar-refractivity contribution in [1.82, 2.24) is 5.32 Å². The Kier molecular flexibility index (Phi) is 6.46. The zero-order chi connectivity index (χ0) is 20.0. The van der Waals surface area contributed by atoms with Crippen molar-refractivity contribution in [2.45, 2.75) is 24.9 Å². The van der Waals surface area contributed by atoms with Gasteiger partial charge in [-0.2, -0.15) is 8.78 Å². The second-order valence-electron chi connectivity index (χ2n) is 6.68. The normalized spacial score (nSPS) is 15.9. The van der Waals surface area contributed by atoms with Gasteiger partial charge in [0, 0.05) is 31.2 Å². The Labute approximate surface area is 162 Å². The number of carbonyl (C=O) groups is 1. The Balaban J connectivity index is 1.80. The Bertz CT molecular complexity index is 792. The highest BCUT2D eigenvalue weighted by Crippen LogP contribution is 2.34. The first-order valence-electron chi connectivity index (χ1n) is 9.08. The van der Waals surface area contributed by atoms with Crippen LogP contribution in [0, 0.1) is 0 Å². The second-order valence-corrected chi connectivity index (χ2v) is 6.68. The molecule has 7 heteroatoms. The van der Waals surface area contributed by atoms with E-state index in [4.69, 9.17) is 9.47 Å². The molecule has 1 aliphatic heterocycles. The molecule has 150 valence electrons. The van der Waals surface area contributed by atoms with Crippen molar-refractivity contribution >= 4 is 5.91 Å². The average Bonchev–Trinajstić information content (AvgIpc) is 2.73. The van der Waals surface area contributed by atoms with Crippen LogP contribution in [0.2, 0.25) is 0 Å². The van der Waals surface area contributed by atoms with Gasteiger partial charge in [-0.15, -0.1) is 0 Å². The van der Waals surface area contributed by atoms with Crippen LogP contribution in [0.25, 0.3) is 0 Å². The number of carbonyl (C=O) groups excluding carboxylic acids is 1. The summed E-state index contributed by atoms with van der Waals surface area (Å²) < 4.78 is 40.5. The summed E-state index contributed by atoms with van der Waals surface area (Å²) >= 11 is 0. The number of alkyl halides is 2. The predicted molar refractivity (Wildman–Crippen MR) is 100 cm³/mol. The summed E-state index contributed by atoms with van der Waals surface area (Å²) in [6.07, 6.45) is 1.53. The van der Waals surface area contributed by atoms with Gasteiger partial charge in [-0.05, 0) is 30.5 Å². The van der Waals surface area contributed by atoms with E-state index in [-0.39, 0.29) is 16.7 Å². The van der Waals surface area contributed by atoms with E-state index < -0.39 is 12.5 Å². The van der Waals surface area contributed by atoms with Gasteiger partial charge in [-0.1, -0.05) is 30.3 Å². The summed E-state index contributed by atoms with van der Waals surface area (Å²) in [6, 6.07) is 14.2. The second kappa shape index (κ2) is 9.01. The molecule has 2 aromatic carbocycles. The first-order valence-corrected chi connectivity index (χ1v) is 9.08. The van der Waals surface area contributed by atoms with E-state index in [1.165, 1.54) is 25.3 Å². The third-order valence-electron chi connectivity index (χ3n) is 5.07. The molecule has 28 heavy (non-hydrogen) atoms. The summed E-state index contributed by atoms with van der Waals surface area (Å²) in [4.78, 5) is 12.8. The summed E-state index contributed by atoms with van der Waals surface area (Å²) in [5.74, 6) is -0.356. The molecule has 2 aromatic rings. The zero-order valence-electron chi connectivity index (χ0n) is 15.6. The lowest BCUT2D eigenvalue weighted by Gasteiger charge is -2.38. The summed E-state index contributed by atoms with van der Waals surface area (Å²) in [5.41, 5.74) is 0.902. The number of amides is 1. The van der Waals surface area contributed by atoms with Gasteiger partial charge in [0.05, 0.1) is 12.7 Å². The van der Waals surface area contributed by atoms with Crippen molar-refractivity contribution in [2.24, 2.45) is 0 Å². The van der Waals surface area contributed by atoms with Gasteiger partial charge in [0.2, 0.25) is 0 Å². The molecule has 1 aliphatic rings. The Morgan fingerprint density at radius 2 is 1.89 bits per heavy atom. The van der Waals surface area contributed by atoms with Crippen LogP contribution in [0.15, 0.2) is 48.5 Å². The number of halogens is 2. The molecular formula is C21H23F2NO4. The standard InChI is InChI=1S/C21H23F2NO4/c1-26-16-7-8-17(18(13-16)28-20(22)23)19(25)24-14-21(9-11-27-12-10-21)15-5-3-2-4-6-15/h2-8,13,20H,9-12,14H2,1H3,(H,24,25). The van der Waals surface area contributed by atoms with E-state index in [2.05, 4.69) is 10.1 Å². The first-order chi connectivity index (χ1) is 13.5. The van der Waals surface area contributed by atoms with E-state index in [0.29, 0.717) is 25.5 Å².